The molecule has 18 heavy (non-hydrogen) atoms. The highest BCUT2D eigenvalue weighted by Gasteiger charge is 2.06. The Morgan fingerprint density at radius 2 is 2.22 bits per heavy atom. The van der Waals surface area contributed by atoms with Crippen LogP contribution in [0.25, 0.3) is 0 Å². The largest absolute Gasteiger partial charge is 0.464 e. The van der Waals surface area contributed by atoms with Crippen molar-refractivity contribution in [2.45, 2.75) is 12.3 Å². The molecule has 0 saturated carbocycles. The zero-order chi connectivity index (χ0) is 13.5. The Morgan fingerprint density at radius 3 is 2.78 bits per heavy atom. The maximum Gasteiger partial charge on any atom is 0.263 e. The fourth-order valence-corrected chi connectivity index (χ4v) is 2.07. The zero-order valence-corrected chi connectivity index (χ0v) is 11.5. The van der Waals surface area contributed by atoms with E-state index < -0.39 is 4.92 Å². The van der Waals surface area contributed by atoms with E-state index in [1.165, 1.54) is 11.8 Å². The van der Waals surface area contributed by atoms with E-state index in [1.807, 2.05) is 31.1 Å². The fraction of sp³-hybridized carbons (Fsp3) is 0.455. The van der Waals surface area contributed by atoms with Gasteiger partial charge < -0.3 is 14.6 Å². The van der Waals surface area contributed by atoms with Crippen LogP contribution in [0, 0.1) is 10.1 Å². The van der Waals surface area contributed by atoms with E-state index in [2.05, 4.69) is 5.32 Å². The fourth-order valence-electron chi connectivity index (χ4n) is 1.32. The summed E-state index contributed by atoms with van der Waals surface area (Å²) in [6.07, 6.45) is 0.953. The third-order valence-electron chi connectivity index (χ3n) is 2.03. The highest BCUT2D eigenvalue weighted by Crippen LogP contribution is 2.21. The molecule has 0 saturated heterocycles. The van der Waals surface area contributed by atoms with Crippen LogP contribution in [0.5, 0.6) is 0 Å². The Bertz CT molecular complexity index is 429. The summed E-state index contributed by atoms with van der Waals surface area (Å²) >= 11 is 1.34. The van der Waals surface area contributed by atoms with Gasteiger partial charge in [0.15, 0.2) is 0 Å². The first-order chi connectivity index (χ1) is 8.51. The summed E-state index contributed by atoms with van der Waals surface area (Å²) in [4.78, 5) is 11.9. The Morgan fingerprint density at radius 1 is 1.56 bits per heavy atom. The molecule has 0 atom stereocenters. The molecule has 1 aromatic rings. The van der Waals surface area contributed by atoms with Gasteiger partial charge in [0.2, 0.25) is 0 Å². The third-order valence-corrected chi connectivity index (χ3v) is 3.08. The van der Waals surface area contributed by atoms with Crippen molar-refractivity contribution in [3.8, 4) is 0 Å². The van der Waals surface area contributed by atoms with Crippen molar-refractivity contribution in [3.05, 3.63) is 45.0 Å². The standard InChI is InChI=1S/C11H17N3O3S/c1-12-11(7-14(15)16)18-8-10-5-4-9(17-10)6-13(2)3/h4-5,7,12H,6,8H2,1-3H3/b11-7+. The van der Waals surface area contributed by atoms with Gasteiger partial charge in [-0.15, -0.1) is 0 Å². The molecule has 0 fully saturated rings. The monoisotopic (exact) mass is 271 g/mol. The number of rotatable bonds is 7. The average Bonchev–Trinajstić information content (AvgIpc) is 2.70. The van der Waals surface area contributed by atoms with Gasteiger partial charge in [-0.25, -0.2) is 0 Å². The van der Waals surface area contributed by atoms with Gasteiger partial charge in [0.1, 0.15) is 16.5 Å². The number of nitrogens with one attached hydrogen (secondary N) is 1. The van der Waals surface area contributed by atoms with Gasteiger partial charge in [-0.3, -0.25) is 10.1 Å². The molecule has 0 aliphatic heterocycles. The first-order valence-corrected chi connectivity index (χ1v) is 6.38. The predicted octanol–water partition coefficient (Wildman–Crippen LogP) is 1.87. The topological polar surface area (TPSA) is 71.6 Å². The molecule has 0 aliphatic carbocycles. The van der Waals surface area contributed by atoms with Gasteiger partial charge in [0.25, 0.3) is 6.20 Å². The van der Waals surface area contributed by atoms with Crippen LogP contribution in [0.1, 0.15) is 11.5 Å². The maximum atomic E-state index is 10.4. The molecule has 0 amide bonds. The van der Waals surface area contributed by atoms with Crippen molar-refractivity contribution >= 4 is 11.8 Å². The molecule has 1 rings (SSSR count). The van der Waals surface area contributed by atoms with Crippen molar-refractivity contribution in [3.63, 3.8) is 0 Å². The summed E-state index contributed by atoms with van der Waals surface area (Å²) in [5.41, 5.74) is 0. The van der Waals surface area contributed by atoms with Gasteiger partial charge in [-0.05, 0) is 26.2 Å². The van der Waals surface area contributed by atoms with Crippen LogP contribution in [0.3, 0.4) is 0 Å². The second-order valence-corrected chi connectivity index (χ2v) is 4.94. The first-order valence-electron chi connectivity index (χ1n) is 5.39. The lowest BCUT2D eigenvalue weighted by Gasteiger charge is -2.06. The second kappa shape index (κ2) is 7.07. The number of furan rings is 1. The molecule has 1 heterocycles. The van der Waals surface area contributed by atoms with E-state index in [0.29, 0.717) is 10.8 Å². The van der Waals surface area contributed by atoms with Crippen LogP contribution in [0.15, 0.2) is 27.8 Å². The lowest BCUT2D eigenvalue weighted by Crippen LogP contribution is -2.09. The molecule has 0 radical (unpaired) electrons. The minimum absolute atomic E-state index is 0.474. The van der Waals surface area contributed by atoms with Gasteiger partial charge >= 0.3 is 0 Å². The van der Waals surface area contributed by atoms with Gasteiger partial charge in [-0.1, -0.05) is 11.8 Å². The second-order valence-electron chi connectivity index (χ2n) is 3.92. The lowest BCUT2D eigenvalue weighted by atomic mass is 10.4. The summed E-state index contributed by atoms with van der Waals surface area (Å²) in [7, 11) is 5.59. The van der Waals surface area contributed by atoms with Crippen molar-refractivity contribution in [2.24, 2.45) is 0 Å². The summed E-state index contributed by atoms with van der Waals surface area (Å²) < 4.78 is 5.61. The van der Waals surface area contributed by atoms with E-state index in [1.54, 1.807) is 7.05 Å². The molecular weight excluding hydrogens is 254 g/mol. The smallest absolute Gasteiger partial charge is 0.263 e. The Balaban J connectivity index is 2.52. The molecule has 7 heteroatoms. The highest BCUT2D eigenvalue weighted by atomic mass is 32.2. The predicted molar refractivity (Wildman–Crippen MR) is 71.5 cm³/mol. The highest BCUT2D eigenvalue weighted by molar-refractivity contribution is 8.02. The minimum atomic E-state index is -0.474. The molecule has 0 aliphatic rings. The third kappa shape index (κ3) is 5.24. The molecule has 0 aromatic carbocycles. The van der Waals surface area contributed by atoms with E-state index in [-0.39, 0.29) is 0 Å². The van der Waals surface area contributed by atoms with Crippen LogP contribution < -0.4 is 5.32 Å². The van der Waals surface area contributed by atoms with E-state index in [4.69, 9.17) is 4.42 Å². The lowest BCUT2D eigenvalue weighted by molar-refractivity contribution is -0.403. The minimum Gasteiger partial charge on any atom is -0.464 e. The summed E-state index contributed by atoms with van der Waals surface area (Å²) in [6.45, 7) is 0.744. The van der Waals surface area contributed by atoms with Crippen LogP contribution in [-0.2, 0) is 12.3 Å². The molecule has 0 bridgehead atoms. The van der Waals surface area contributed by atoms with Crippen molar-refractivity contribution in [1.29, 1.82) is 0 Å². The van der Waals surface area contributed by atoms with Crippen LogP contribution in [0.2, 0.25) is 0 Å². The molecule has 100 valence electrons. The van der Waals surface area contributed by atoms with Crippen LogP contribution >= 0.6 is 11.8 Å². The number of thioether (sulfide) groups is 1. The normalized spacial score (nSPS) is 11.9. The molecule has 6 nitrogen and oxygen atoms in total. The summed E-state index contributed by atoms with van der Waals surface area (Å²) in [5, 5.41) is 13.6. The Kier molecular flexibility index (Phi) is 5.73. The van der Waals surface area contributed by atoms with Crippen molar-refractivity contribution in [1.82, 2.24) is 10.2 Å². The van der Waals surface area contributed by atoms with Crippen molar-refractivity contribution < 1.29 is 9.34 Å². The van der Waals surface area contributed by atoms with Gasteiger partial charge in [0.05, 0.1) is 17.2 Å². The van der Waals surface area contributed by atoms with E-state index >= 15 is 0 Å². The van der Waals surface area contributed by atoms with Crippen LogP contribution in [-0.4, -0.2) is 31.0 Å². The summed E-state index contributed by atoms with van der Waals surface area (Å²) in [6, 6.07) is 3.82. The van der Waals surface area contributed by atoms with Crippen LogP contribution in [0.4, 0.5) is 0 Å². The molecule has 0 spiro atoms. The van der Waals surface area contributed by atoms with Gasteiger partial charge in [-0.2, -0.15) is 0 Å². The van der Waals surface area contributed by atoms with E-state index in [0.717, 1.165) is 24.3 Å². The number of hydrogen-bond donors (Lipinski definition) is 1. The van der Waals surface area contributed by atoms with Gasteiger partial charge in [0, 0.05) is 7.05 Å². The molecule has 1 aromatic heterocycles. The maximum absolute atomic E-state index is 10.4. The SMILES string of the molecule is CN/C(=C\[N+](=O)[O-])SCc1ccc(CN(C)C)o1. The van der Waals surface area contributed by atoms with E-state index in [9.17, 15) is 10.1 Å². The molecule has 1 N–H and O–H groups in total. The molecular formula is C11H17N3O3S. The first kappa shape index (κ1) is 14.6. The summed E-state index contributed by atoms with van der Waals surface area (Å²) in [5.74, 6) is 2.26. The number of nitro groups is 1. The van der Waals surface area contributed by atoms with Crippen molar-refractivity contribution in [2.75, 3.05) is 21.1 Å². The molecule has 0 unspecified atom stereocenters. The quantitative estimate of drug-likeness (QED) is 0.603. The number of hydrogen-bond acceptors (Lipinski definition) is 6. The number of nitrogens with zero attached hydrogens (tertiary/aromatic N) is 2. The average molecular weight is 271 g/mol. The zero-order valence-electron chi connectivity index (χ0n) is 10.7. The Hall–Kier alpha value is -1.47. The Labute approximate surface area is 110 Å².